The van der Waals surface area contributed by atoms with Crippen molar-refractivity contribution in [3.8, 4) is 39.6 Å². The van der Waals surface area contributed by atoms with Gasteiger partial charge in [-0.1, -0.05) is 28.1 Å². The van der Waals surface area contributed by atoms with Gasteiger partial charge in [0.25, 0.3) is 11.8 Å². The third kappa shape index (κ3) is 22.4. The van der Waals surface area contributed by atoms with Gasteiger partial charge in [-0.3, -0.25) is 19.6 Å². The van der Waals surface area contributed by atoms with Gasteiger partial charge in [-0.05, 0) is 207 Å². The van der Waals surface area contributed by atoms with Crippen molar-refractivity contribution in [1.82, 2.24) is 58.6 Å². The largest absolute Gasteiger partial charge is 0.416 e. The van der Waals surface area contributed by atoms with Crippen LogP contribution in [0, 0.1) is 44.0 Å². The number of halogens is 12. The number of alkyl halides is 9. The molecule has 13 rings (SSSR count). The number of nitrogens with zero attached hydrogens (tertiary/aromatic N) is 12. The fourth-order valence-corrected chi connectivity index (χ4v) is 10.7. The minimum absolute atomic E-state index is 0.0193. The van der Waals surface area contributed by atoms with E-state index in [2.05, 4.69) is 94.0 Å². The second-order valence-corrected chi connectivity index (χ2v) is 25.2. The standard InChI is InChI=1S/C29H23F3N6O.C19H15F3IN3O.C11H10F3N3.C9H8N4.C6H5BrFN/c1-18-5-6-20(10-22(18)11-27-34-9-7-26(37-27)21-4-3-8-33-15-21)28(39)36-24-12-23(29(30,31)32)13-25(14-24)38-16-19(2)35-17-38;1-11-3-4-13(5-17(11)23)18(27)25-15-6-14(19(20,21)22)7-16(8-15)26-9-12(2)24-10-26;1-7-5-17(6-16-7)10-3-8(11(12,13)14)2-9(15)4-10;10-9-12-5-3-8(13-9)7-2-1-4-11-6-7;7-4-1-5(8)3-6(9)2-4/h3-10,12-17H,11H2,1-2H3,(H,36,39);3-10H,1-2H3,(H,25,27);2-6H,15H2,1H3;1-6H,(H2,10,12,13);1-3H,9H2. The lowest BCUT2D eigenvalue weighted by Gasteiger charge is -2.14. The average Bonchev–Trinajstić information content (AvgIpc) is 1.50. The summed E-state index contributed by atoms with van der Waals surface area (Å²) in [5.41, 5.74) is 24.0. The van der Waals surface area contributed by atoms with E-state index in [0.717, 1.165) is 84.9 Å². The van der Waals surface area contributed by atoms with Crippen LogP contribution in [0.1, 0.15) is 77.0 Å². The van der Waals surface area contributed by atoms with Crippen LogP contribution in [0.2, 0.25) is 0 Å². The molecule has 538 valence electrons. The van der Waals surface area contributed by atoms with Crippen LogP contribution in [0.15, 0.2) is 225 Å². The Kier molecular flexibility index (Phi) is 25.1. The lowest BCUT2D eigenvalue weighted by Crippen LogP contribution is -2.14. The number of nitrogens with two attached hydrogens (primary N) is 3. The Morgan fingerprint density at radius 1 is 0.486 bits per heavy atom. The number of imidazole rings is 3. The van der Waals surface area contributed by atoms with E-state index in [-0.39, 0.29) is 40.2 Å². The van der Waals surface area contributed by atoms with Crippen molar-refractivity contribution in [1.29, 1.82) is 0 Å². The molecule has 0 radical (unpaired) electrons. The highest BCUT2D eigenvalue weighted by atomic mass is 127. The molecule has 0 unspecified atom stereocenters. The minimum atomic E-state index is -4.59. The van der Waals surface area contributed by atoms with Crippen LogP contribution in [-0.4, -0.2) is 70.4 Å². The van der Waals surface area contributed by atoms with Crippen LogP contribution in [0.4, 0.5) is 72.6 Å². The Hall–Kier alpha value is -11.7. The summed E-state index contributed by atoms with van der Waals surface area (Å²) in [6, 6.07) is 35.9. The number of carbonyl (C=O) groups is 2. The predicted octanol–water partition coefficient (Wildman–Crippen LogP) is 17.6. The minimum Gasteiger partial charge on any atom is -0.399 e. The first-order chi connectivity index (χ1) is 49.7. The third-order valence-electron chi connectivity index (χ3n) is 14.9. The van der Waals surface area contributed by atoms with Crippen molar-refractivity contribution in [2.24, 2.45) is 0 Å². The molecule has 31 heteroatoms. The number of nitrogens with one attached hydrogen (secondary N) is 2. The molecule has 0 saturated carbocycles. The van der Waals surface area contributed by atoms with Gasteiger partial charge in [0.05, 0.1) is 64.1 Å². The number of anilines is 5. The molecule has 19 nitrogen and oxygen atoms in total. The molecule has 7 aromatic heterocycles. The normalized spacial score (nSPS) is 11.1. The number of hydrogen-bond donors (Lipinski definition) is 5. The van der Waals surface area contributed by atoms with E-state index in [9.17, 15) is 53.5 Å². The summed E-state index contributed by atoms with van der Waals surface area (Å²) >= 11 is 5.20. The highest BCUT2D eigenvalue weighted by Gasteiger charge is 2.34. The number of amides is 2. The molecule has 0 aliphatic heterocycles. The maximum absolute atomic E-state index is 13.6. The van der Waals surface area contributed by atoms with Crippen molar-refractivity contribution in [3.63, 3.8) is 0 Å². The zero-order valence-corrected chi connectivity index (χ0v) is 59.7. The first-order valence-electron chi connectivity index (χ1n) is 31.1. The summed E-state index contributed by atoms with van der Waals surface area (Å²) in [6.45, 7) is 9.06. The van der Waals surface area contributed by atoms with Gasteiger partial charge >= 0.3 is 18.5 Å². The van der Waals surface area contributed by atoms with E-state index in [1.807, 2.05) is 38.1 Å². The lowest BCUT2D eigenvalue weighted by molar-refractivity contribution is -0.138. The van der Waals surface area contributed by atoms with E-state index in [1.54, 1.807) is 131 Å². The fourth-order valence-electron chi connectivity index (χ4n) is 9.72. The molecule has 0 spiro atoms. The summed E-state index contributed by atoms with van der Waals surface area (Å²) in [6.07, 6.45) is 6.16. The number of rotatable bonds is 11. The Balaban J connectivity index is 0.000000167. The molecule has 6 aromatic carbocycles. The molecular formula is C74H61BrF10IN17O2. The molecule has 0 bridgehead atoms. The van der Waals surface area contributed by atoms with Crippen molar-refractivity contribution in [2.75, 3.05) is 27.8 Å². The molecule has 105 heavy (non-hydrogen) atoms. The molecule has 7 heterocycles. The molecule has 0 aliphatic rings. The summed E-state index contributed by atoms with van der Waals surface area (Å²) in [5, 5.41) is 5.18. The second kappa shape index (κ2) is 34.0. The number of nitrogen functional groups attached to an aromatic ring is 3. The summed E-state index contributed by atoms with van der Waals surface area (Å²) in [7, 11) is 0. The fraction of sp³-hybridized carbons (Fsp3) is 0.122. The first kappa shape index (κ1) is 77.4. The predicted molar refractivity (Wildman–Crippen MR) is 392 cm³/mol. The number of aryl methyl sites for hydroxylation is 5. The highest BCUT2D eigenvalue weighted by Crippen LogP contribution is 2.36. The van der Waals surface area contributed by atoms with Gasteiger partial charge in [0.1, 0.15) is 11.6 Å². The zero-order chi connectivity index (χ0) is 75.9. The van der Waals surface area contributed by atoms with E-state index in [4.69, 9.17) is 17.2 Å². The molecule has 0 saturated heterocycles. The van der Waals surface area contributed by atoms with Gasteiger partial charge < -0.3 is 41.5 Å². The number of carbonyl (C=O) groups excluding carboxylic acids is 2. The number of hydrogen-bond acceptors (Lipinski definition) is 14. The zero-order valence-electron chi connectivity index (χ0n) is 55.9. The molecule has 0 atom stereocenters. The van der Waals surface area contributed by atoms with Gasteiger partial charge in [-0.15, -0.1) is 0 Å². The van der Waals surface area contributed by atoms with Gasteiger partial charge in [-0.2, -0.15) is 39.5 Å². The second-order valence-electron chi connectivity index (χ2n) is 23.1. The molecule has 8 N–H and O–H groups in total. The number of benzene rings is 6. The van der Waals surface area contributed by atoms with E-state index < -0.39 is 47.0 Å². The van der Waals surface area contributed by atoms with Gasteiger partial charge in [0, 0.05) is 132 Å². The summed E-state index contributed by atoms with van der Waals surface area (Å²) in [4.78, 5) is 62.7. The Morgan fingerprint density at radius 2 is 0.933 bits per heavy atom. The van der Waals surface area contributed by atoms with Gasteiger partial charge in [-0.25, -0.2) is 39.3 Å². The van der Waals surface area contributed by atoms with E-state index in [0.29, 0.717) is 50.6 Å². The van der Waals surface area contributed by atoms with Crippen LogP contribution in [-0.2, 0) is 24.9 Å². The maximum Gasteiger partial charge on any atom is 0.416 e. The Labute approximate surface area is 616 Å². The van der Waals surface area contributed by atoms with Crippen LogP contribution in [0.5, 0.6) is 0 Å². The smallest absolute Gasteiger partial charge is 0.399 e. The monoisotopic (exact) mass is 1620 g/mol. The van der Waals surface area contributed by atoms with Gasteiger partial charge in [0.2, 0.25) is 5.95 Å². The summed E-state index contributed by atoms with van der Waals surface area (Å²) in [5.74, 6) is -0.480. The van der Waals surface area contributed by atoms with Gasteiger partial charge in [0.15, 0.2) is 0 Å². The Morgan fingerprint density at radius 3 is 1.36 bits per heavy atom. The van der Waals surface area contributed by atoms with Crippen molar-refractivity contribution >= 4 is 79.0 Å². The molecule has 13 aromatic rings. The molecule has 0 fully saturated rings. The number of pyridine rings is 2. The maximum atomic E-state index is 13.6. The average molecular weight is 1620 g/mol. The van der Waals surface area contributed by atoms with Crippen molar-refractivity contribution < 1.29 is 53.5 Å². The van der Waals surface area contributed by atoms with Crippen LogP contribution in [0.3, 0.4) is 0 Å². The summed E-state index contributed by atoms with van der Waals surface area (Å²) < 4.78 is 137. The highest BCUT2D eigenvalue weighted by molar-refractivity contribution is 14.1. The van der Waals surface area contributed by atoms with Crippen LogP contribution in [0.25, 0.3) is 39.6 Å². The molecule has 2 amide bonds. The van der Waals surface area contributed by atoms with Crippen molar-refractivity contribution in [3.05, 3.63) is 302 Å². The lowest BCUT2D eigenvalue weighted by atomic mass is 10.0. The molecular weight excluding hydrogens is 1560 g/mol. The topological polar surface area (TPSA) is 267 Å². The van der Waals surface area contributed by atoms with E-state index in [1.165, 1.54) is 63.0 Å². The van der Waals surface area contributed by atoms with Crippen LogP contribution < -0.4 is 27.8 Å². The van der Waals surface area contributed by atoms with E-state index >= 15 is 0 Å². The first-order valence-corrected chi connectivity index (χ1v) is 32.9. The van der Waals surface area contributed by atoms with Crippen molar-refractivity contribution in [2.45, 2.75) is 59.6 Å². The number of aromatic nitrogens is 12. The molecule has 0 aliphatic carbocycles. The Bertz CT molecular complexity index is 5140. The third-order valence-corrected chi connectivity index (χ3v) is 16.5. The quantitative estimate of drug-likeness (QED) is 0.0458. The van der Waals surface area contributed by atoms with Crippen LogP contribution >= 0.6 is 38.5 Å². The SMILES string of the molecule is Cc1cn(-c2cc(N)cc(C(F)(F)F)c2)cn1.Cc1cn(-c2cc(NC(=O)c3ccc(C)c(Cc4nccc(-c5cccnc5)n4)c3)cc(C(F)(F)F)c2)cn1.Cc1cn(-c2cc(NC(=O)c3ccc(C)c(I)c3)cc(C(F)(F)F)c2)cn1.Nc1cc(F)cc(Br)c1.Nc1nccc(-c2cccnc2)n1.